The molecule has 31 heavy (non-hydrogen) atoms. The monoisotopic (exact) mass is 424 g/mol. The predicted octanol–water partition coefficient (Wildman–Crippen LogP) is 5.12. The molecule has 0 atom stereocenters. The number of benzene rings is 1. The number of hydrogen-bond donors (Lipinski definition) is 1. The van der Waals surface area contributed by atoms with Gasteiger partial charge in [-0.2, -0.15) is 18.4 Å². The van der Waals surface area contributed by atoms with Crippen LogP contribution < -0.4 is 5.32 Å². The van der Waals surface area contributed by atoms with Gasteiger partial charge in [0.15, 0.2) is 0 Å². The number of carbonyl (C=O) groups is 1. The first-order valence-corrected chi connectivity index (χ1v) is 9.05. The first kappa shape index (κ1) is 23.3. The molecule has 8 heteroatoms. The van der Waals surface area contributed by atoms with E-state index in [-0.39, 0.29) is 28.7 Å². The van der Waals surface area contributed by atoms with Gasteiger partial charge in [0, 0.05) is 11.6 Å². The Kier molecular flexibility index (Phi) is 7.64. The number of nitrogens with one attached hydrogen (secondary N) is 1. The number of halogens is 3. The molecule has 3 aromatic rings. The fourth-order valence-corrected chi connectivity index (χ4v) is 2.65. The Morgan fingerprint density at radius 3 is 2.48 bits per heavy atom. The van der Waals surface area contributed by atoms with Gasteiger partial charge >= 0.3 is 6.18 Å². The molecule has 1 amide bonds. The molecule has 3 rings (SSSR count). The van der Waals surface area contributed by atoms with Gasteiger partial charge in [-0.3, -0.25) is 9.78 Å². The largest absolute Gasteiger partial charge is 0.418 e. The maximum absolute atomic E-state index is 13.4. The lowest BCUT2D eigenvalue weighted by atomic mass is 10.0. The summed E-state index contributed by atoms with van der Waals surface area (Å²) in [5.74, 6) is -0.608. The fourth-order valence-electron chi connectivity index (χ4n) is 2.65. The Bertz CT molecular complexity index is 1140. The van der Waals surface area contributed by atoms with E-state index in [0.29, 0.717) is 11.3 Å². The van der Waals surface area contributed by atoms with Crippen molar-refractivity contribution in [1.82, 2.24) is 15.3 Å². The minimum absolute atomic E-state index is 0.118. The number of nitriles is 1. The topological polar surface area (TPSA) is 78.7 Å². The molecule has 5 nitrogen and oxygen atoms in total. The van der Waals surface area contributed by atoms with Gasteiger partial charge in [0.2, 0.25) is 0 Å². The van der Waals surface area contributed by atoms with Crippen LogP contribution in [0.4, 0.5) is 13.2 Å². The summed E-state index contributed by atoms with van der Waals surface area (Å²) in [6.45, 7) is 8.42. The molecule has 0 aliphatic carbocycles. The zero-order valence-electron chi connectivity index (χ0n) is 16.7. The van der Waals surface area contributed by atoms with Crippen LogP contribution in [-0.4, -0.2) is 15.9 Å². The Morgan fingerprint density at radius 1 is 1.23 bits per heavy atom. The number of allylic oxidation sites excluding steroid dienone is 2. The maximum atomic E-state index is 13.4. The molecule has 158 valence electrons. The van der Waals surface area contributed by atoms with E-state index in [0.717, 1.165) is 6.07 Å². The number of aryl methyl sites for hydroxylation is 1. The van der Waals surface area contributed by atoms with Gasteiger partial charge in [-0.25, -0.2) is 4.98 Å². The summed E-state index contributed by atoms with van der Waals surface area (Å²) in [7, 11) is 0. The number of aromatic nitrogens is 2. The molecule has 0 saturated heterocycles. The summed E-state index contributed by atoms with van der Waals surface area (Å²) in [5.41, 5.74) is -0.620. The SMILES string of the molecule is C=CC=C.Cc1cc(C(=O)NCc2ccccn2)nc2c(C(F)(F)F)cc(C#N)cc12. The Hall–Kier alpha value is -3.99. The number of alkyl halides is 3. The molecule has 0 fully saturated rings. The van der Waals surface area contributed by atoms with Crippen LogP contribution in [0.5, 0.6) is 0 Å². The van der Waals surface area contributed by atoms with E-state index in [1.807, 2.05) is 0 Å². The summed E-state index contributed by atoms with van der Waals surface area (Å²) in [5, 5.41) is 11.8. The number of nitrogens with zero attached hydrogens (tertiary/aromatic N) is 3. The van der Waals surface area contributed by atoms with Crippen molar-refractivity contribution in [3.05, 3.63) is 96.0 Å². The summed E-state index contributed by atoms with van der Waals surface area (Å²) >= 11 is 0. The fraction of sp³-hybridized carbons (Fsp3) is 0.130. The quantitative estimate of drug-likeness (QED) is 0.590. The van der Waals surface area contributed by atoms with E-state index in [2.05, 4.69) is 28.4 Å². The van der Waals surface area contributed by atoms with Crippen LogP contribution in [0.15, 0.2) is 67.9 Å². The summed E-state index contributed by atoms with van der Waals surface area (Å²) in [6, 6.07) is 10.4. The van der Waals surface area contributed by atoms with Crippen molar-refractivity contribution in [3.63, 3.8) is 0 Å². The van der Waals surface area contributed by atoms with Gasteiger partial charge in [-0.1, -0.05) is 31.4 Å². The average molecular weight is 424 g/mol. The number of fused-ring (bicyclic) bond motifs is 1. The molecule has 0 unspecified atom stereocenters. The standard InChI is InChI=1S/C19H13F3N4O.C4H6/c1-11-6-16(18(27)25-10-13-4-2-3-5-24-13)26-17-14(11)7-12(9-23)8-15(17)19(20,21)22;1-3-4-2/h2-8H,10H2,1H3,(H,25,27);3-4H,1-2H2. The Balaban J connectivity index is 0.000000785. The van der Waals surface area contributed by atoms with Gasteiger partial charge in [0.1, 0.15) is 5.69 Å². The minimum atomic E-state index is -4.70. The predicted molar refractivity (Wildman–Crippen MR) is 112 cm³/mol. The molecule has 2 heterocycles. The lowest BCUT2D eigenvalue weighted by molar-refractivity contribution is -0.136. The Labute approximate surface area is 177 Å². The molecule has 2 aromatic heterocycles. The van der Waals surface area contributed by atoms with Crippen LogP contribution in [0.25, 0.3) is 10.9 Å². The van der Waals surface area contributed by atoms with Crippen molar-refractivity contribution in [2.45, 2.75) is 19.6 Å². The van der Waals surface area contributed by atoms with E-state index in [1.54, 1.807) is 49.5 Å². The van der Waals surface area contributed by atoms with E-state index >= 15 is 0 Å². The molecule has 1 aromatic carbocycles. The second kappa shape index (κ2) is 10.2. The molecule has 0 saturated carbocycles. The van der Waals surface area contributed by atoms with Crippen molar-refractivity contribution < 1.29 is 18.0 Å². The molecule has 0 aliphatic rings. The normalized spacial score (nSPS) is 10.4. The lowest BCUT2D eigenvalue weighted by Gasteiger charge is -2.13. The van der Waals surface area contributed by atoms with Crippen LogP contribution >= 0.6 is 0 Å². The number of hydrogen-bond acceptors (Lipinski definition) is 4. The smallest absolute Gasteiger partial charge is 0.345 e. The number of pyridine rings is 2. The second-order valence-corrected chi connectivity index (χ2v) is 6.33. The highest BCUT2D eigenvalue weighted by Gasteiger charge is 2.34. The molecular formula is C23H19F3N4O. The molecule has 1 N–H and O–H groups in total. The minimum Gasteiger partial charge on any atom is -0.345 e. The summed E-state index contributed by atoms with van der Waals surface area (Å²) in [4.78, 5) is 20.4. The van der Waals surface area contributed by atoms with E-state index < -0.39 is 17.6 Å². The molecule has 0 spiro atoms. The van der Waals surface area contributed by atoms with Crippen LogP contribution in [0.3, 0.4) is 0 Å². The summed E-state index contributed by atoms with van der Waals surface area (Å²) < 4.78 is 40.2. The van der Waals surface area contributed by atoms with Crippen molar-refractivity contribution >= 4 is 16.8 Å². The van der Waals surface area contributed by atoms with Gasteiger partial charge in [-0.15, -0.1) is 0 Å². The maximum Gasteiger partial charge on any atom is 0.418 e. The second-order valence-electron chi connectivity index (χ2n) is 6.33. The first-order chi connectivity index (χ1) is 14.7. The first-order valence-electron chi connectivity index (χ1n) is 9.05. The third-order valence-corrected chi connectivity index (χ3v) is 4.11. The highest BCUT2D eigenvalue weighted by molar-refractivity contribution is 5.97. The van der Waals surface area contributed by atoms with Crippen molar-refractivity contribution in [2.24, 2.45) is 0 Å². The van der Waals surface area contributed by atoms with Crippen molar-refractivity contribution in [3.8, 4) is 6.07 Å². The highest BCUT2D eigenvalue weighted by atomic mass is 19.4. The highest BCUT2D eigenvalue weighted by Crippen LogP contribution is 2.36. The molecule has 0 bridgehead atoms. The zero-order valence-corrected chi connectivity index (χ0v) is 16.7. The summed E-state index contributed by atoms with van der Waals surface area (Å²) in [6.07, 6.45) is 0.149. The van der Waals surface area contributed by atoms with Crippen molar-refractivity contribution in [2.75, 3.05) is 0 Å². The molecular weight excluding hydrogens is 405 g/mol. The van der Waals surface area contributed by atoms with E-state index in [4.69, 9.17) is 5.26 Å². The van der Waals surface area contributed by atoms with Crippen LogP contribution in [0, 0.1) is 18.3 Å². The van der Waals surface area contributed by atoms with Crippen LogP contribution in [0.1, 0.15) is 32.9 Å². The third kappa shape index (κ3) is 6.00. The Morgan fingerprint density at radius 2 is 1.94 bits per heavy atom. The number of carbonyl (C=O) groups excluding carboxylic acids is 1. The average Bonchev–Trinajstić information content (AvgIpc) is 2.77. The van der Waals surface area contributed by atoms with Crippen LogP contribution in [-0.2, 0) is 12.7 Å². The van der Waals surface area contributed by atoms with Gasteiger partial charge in [-0.05, 0) is 42.8 Å². The third-order valence-electron chi connectivity index (χ3n) is 4.11. The molecule has 0 aliphatic heterocycles. The van der Waals surface area contributed by atoms with Crippen molar-refractivity contribution in [1.29, 1.82) is 5.26 Å². The van der Waals surface area contributed by atoms with E-state index in [9.17, 15) is 18.0 Å². The van der Waals surface area contributed by atoms with Gasteiger partial charge < -0.3 is 5.32 Å². The van der Waals surface area contributed by atoms with Gasteiger partial charge in [0.25, 0.3) is 5.91 Å². The zero-order chi connectivity index (χ0) is 23.0. The number of amides is 1. The molecule has 0 radical (unpaired) electrons. The number of rotatable bonds is 4. The van der Waals surface area contributed by atoms with E-state index in [1.165, 1.54) is 12.1 Å². The lowest BCUT2D eigenvalue weighted by Crippen LogP contribution is -2.24. The van der Waals surface area contributed by atoms with Crippen LogP contribution in [0.2, 0.25) is 0 Å². The van der Waals surface area contributed by atoms with Gasteiger partial charge in [0.05, 0.1) is 35.0 Å².